The van der Waals surface area contributed by atoms with E-state index in [1.165, 1.54) is 19.3 Å². The number of nitrogens with one attached hydrogen (secondary N) is 1. The second-order valence-electron chi connectivity index (χ2n) is 9.72. The molecule has 0 spiro atoms. The number of carbonyl (C=O) groups excluding carboxylic acids is 2. The minimum Gasteiger partial charge on any atom is -0.348 e. The molecule has 1 heterocycles. The molecule has 2 aromatic carbocycles. The van der Waals surface area contributed by atoms with Crippen molar-refractivity contribution in [1.29, 1.82) is 0 Å². The van der Waals surface area contributed by atoms with E-state index >= 15 is 0 Å². The molecule has 3 rings (SSSR count). The molecule has 2 aromatic rings. The summed E-state index contributed by atoms with van der Waals surface area (Å²) in [5.74, 6) is 0.480. The normalized spacial score (nSPS) is 15.9. The molecule has 6 heteroatoms. The van der Waals surface area contributed by atoms with Crippen LogP contribution in [0.4, 0.5) is 5.69 Å². The lowest BCUT2D eigenvalue weighted by atomic mass is 10.0. The van der Waals surface area contributed by atoms with Gasteiger partial charge in [-0.05, 0) is 66.8 Å². The third kappa shape index (κ3) is 7.85. The molecule has 1 aliphatic rings. The van der Waals surface area contributed by atoms with Gasteiger partial charge in [0, 0.05) is 49.4 Å². The highest BCUT2D eigenvalue weighted by Gasteiger charge is 2.20. The predicted molar refractivity (Wildman–Crippen MR) is 140 cm³/mol. The minimum absolute atomic E-state index is 0.0497. The van der Waals surface area contributed by atoms with Crippen LogP contribution in [0.15, 0.2) is 42.5 Å². The third-order valence-corrected chi connectivity index (χ3v) is 6.50. The molecule has 0 bridgehead atoms. The van der Waals surface area contributed by atoms with Crippen molar-refractivity contribution in [2.45, 2.75) is 66.0 Å². The van der Waals surface area contributed by atoms with Crippen LogP contribution in [0.25, 0.3) is 0 Å². The second-order valence-corrected chi connectivity index (χ2v) is 10.2. The Hall–Kier alpha value is -2.37. The third-order valence-electron chi connectivity index (χ3n) is 6.25. The molecule has 34 heavy (non-hydrogen) atoms. The average molecular weight is 484 g/mol. The van der Waals surface area contributed by atoms with Gasteiger partial charge >= 0.3 is 0 Å². The van der Waals surface area contributed by atoms with Crippen LogP contribution < -0.4 is 10.2 Å². The molecule has 0 aromatic heterocycles. The average Bonchev–Trinajstić information content (AvgIpc) is 2.79. The molecular weight excluding hydrogens is 446 g/mol. The van der Waals surface area contributed by atoms with Crippen LogP contribution in [0.2, 0.25) is 5.02 Å². The Morgan fingerprint density at radius 3 is 2.32 bits per heavy atom. The predicted octanol–water partition coefficient (Wildman–Crippen LogP) is 6.05. The van der Waals surface area contributed by atoms with Crippen molar-refractivity contribution in [2.75, 3.05) is 24.5 Å². The van der Waals surface area contributed by atoms with Crippen molar-refractivity contribution in [3.05, 3.63) is 64.2 Å². The zero-order valence-electron chi connectivity index (χ0n) is 20.8. The van der Waals surface area contributed by atoms with Crippen molar-refractivity contribution < 1.29 is 9.59 Å². The maximum atomic E-state index is 13.0. The van der Waals surface area contributed by atoms with Gasteiger partial charge in [-0.3, -0.25) is 14.5 Å². The standard InChI is InChI=1S/C28H38ClN3O2/c1-21(2)19-31-15-7-5-4-6-8-16-32(22(3)33)27-14-11-24(17-25(27)20-31)28(34)30-18-23-9-12-26(29)13-10-23/h9-14,17,21H,4-8,15-16,18-20H2,1-3H3,(H,30,34). The maximum absolute atomic E-state index is 13.0. The van der Waals surface area contributed by atoms with Gasteiger partial charge in [-0.25, -0.2) is 0 Å². The quantitative estimate of drug-likeness (QED) is 0.563. The summed E-state index contributed by atoms with van der Waals surface area (Å²) >= 11 is 5.96. The van der Waals surface area contributed by atoms with Crippen LogP contribution in [-0.2, 0) is 17.9 Å². The van der Waals surface area contributed by atoms with Crippen LogP contribution in [0.1, 0.15) is 74.4 Å². The Kier molecular flexibility index (Phi) is 9.97. The Morgan fingerprint density at radius 1 is 0.971 bits per heavy atom. The molecule has 0 unspecified atom stereocenters. The number of benzene rings is 2. The molecule has 1 aliphatic heterocycles. The lowest BCUT2D eigenvalue weighted by Gasteiger charge is -2.30. The van der Waals surface area contributed by atoms with E-state index in [4.69, 9.17) is 11.6 Å². The zero-order chi connectivity index (χ0) is 24.5. The van der Waals surface area contributed by atoms with Crippen molar-refractivity contribution in [1.82, 2.24) is 10.2 Å². The van der Waals surface area contributed by atoms with Gasteiger partial charge in [0.2, 0.25) is 5.91 Å². The van der Waals surface area contributed by atoms with Gasteiger partial charge in [0.05, 0.1) is 0 Å². The van der Waals surface area contributed by atoms with Crippen LogP contribution in [0, 0.1) is 5.92 Å². The number of hydrogen-bond acceptors (Lipinski definition) is 3. The fourth-order valence-electron chi connectivity index (χ4n) is 4.58. The van der Waals surface area contributed by atoms with Gasteiger partial charge in [0.15, 0.2) is 0 Å². The van der Waals surface area contributed by atoms with Crippen LogP contribution in [-0.4, -0.2) is 36.3 Å². The summed E-state index contributed by atoms with van der Waals surface area (Å²) in [5.41, 5.74) is 3.58. The Bertz CT molecular complexity index is 959. The lowest BCUT2D eigenvalue weighted by Crippen LogP contribution is -2.34. The summed E-state index contributed by atoms with van der Waals surface area (Å²) in [5, 5.41) is 3.69. The summed E-state index contributed by atoms with van der Waals surface area (Å²) in [6.07, 6.45) is 5.74. The Balaban J connectivity index is 1.87. The largest absolute Gasteiger partial charge is 0.348 e. The molecule has 0 fully saturated rings. The van der Waals surface area contributed by atoms with E-state index < -0.39 is 0 Å². The topological polar surface area (TPSA) is 52.7 Å². The molecular formula is C28H38ClN3O2. The van der Waals surface area contributed by atoms with Crippen LogP contribution >= 0.6 is 11.6 Å². The van der Waals surface area contributed by atoms with E-state index in [1.54, 1.807) is 6.92 Å². The zero-order valence-corrected chi connectivity index (χ0v) is 21.5. The number of nitrogens with zero attached hydrogens (tertiary/aromatic N) is 2. The summed E-state index contributed by atoms with van der Waals surface area (Å²) in [6, 6.07) is 13.2. The number of rotatable bonds is 5. The number of carbonyl (C=O) groups is 2. The molecule has 0 saturated heterocycles. The van der Waals surface area contributed by atoms with Crippen molar-refractivity contribution >= 4 is 29.1 Å². The second kappa shape index (κ2) is 12.9. The fourth-order valence-corrected chi connectivity index (χ4v) is 4.70. The van der Waals surface area contributed by atoms with Gasteiger partial charge in [-0.2, -0.15) is 0 Å². The minimum atomic E-state index is -0.117. The molecule has 5 nitrogen and oxygen atoms in total. The fraction of sp³-hybridized carbons (Fsp3) is 0.500. The first kappa shape index (κ1) is 26.2. The molecule has 1 N–H and O–H groups in total. The SMILES string of the molecule is CC(=O)N1CCCCCCCN(CC(C)C)Cc2cc(C(=O)NCc3ccc(Cl)cc3)ccc21. The Morgan fingerprint density at radius 2 is 1.65 bits per heavy atom. The lowest BCUT2D eigenvalue weighted by molar-refractivity contribution is -0.116. The number of hydrogen-bond donors (Lipinski definition) is 1. The summed E-state index contributed by atoms with van der Waals surface area (Å²) in [4.78, 5) is 29.9. The van der Waals surface area contributed by atoms with E-state index in [2.05, 4.69) is 24.1 Å². The number of fused-ring (bicyclic) bond motifs is 1. The van der Waals surface area contributed by atoms with Gasteiger partial charge in [-0.1, -0.05) is 56.8 Å². The van der Waals surface area contributed by atoms with Crippen molar-refractivity contribution in [2.24, 2.45) is 5.92 Å². The van der Waals surface area contributed by atoms with Crippen molar-refractivity contribution in [3.63, 3.8) is 0 Å². The molecule has 0 radical (unpaired) electrons. The van der Waals surface area contributed by atoms with E-state index in [9.17, 15) is 9.59 Å². The highest BCUT2D eigenvalue weighted by Crippen LogP contribution is 2.26. The van der Waals surface area contributed by atoms with Crippen molar-refractivity contribution in [3.8, 4) is 0 Å². The monoisotopic (exact) mass is 483 g/mol. The van der Waals surface area contributed by atoms with E-state index in [1.807, 2.05) is 47.4 Å². The van der Waals surface area contributed by atoms with E-state index in [-0.39, 0.29) is 11.8 Å². The number of anilines is 1. The summed E-state index contributed by atoms with van der Waals surface area (Å²) < 4.78 is 0. The molecule has 0 aliphatic carbocycles. The molecule has 0 atom stereocenters. The maximum Gasteiger partial charge on any atom is 0.251 e. The number of amides is 2. The van der Waals surface area contributed by atoms with E-state index in [0.717, 1.165) is 49.3 Å². The smallest absolute Gasteiger partial charge is 0.251 e. The van der Waals surface area contributed by atoms with Gasteiger partial charge in [0.25, 0.3) is 5.91 Å². The van der Waals surface area contributed by atoms with Gasteiger partial charge < -0.3 is 10.2 Å². The van der Waals surface area contributed by atoms with E-state index in [0.29, 0.717) is 29.6 Å². The summed E-state index contributed by atoms with van der Waals surface area (Å²) in [7, 11) is 0. The first-order valence-electron chi connectivity index (χ1n) is 12.5. The first-order valence-corrected chi connectivity index (χ1v) is 12.9. The molecule has 2 amide bonds. The number of halogens is 1. The van der Waals surface area contributed by atoms with Gasteiger partial charge in [-0.15, -0.1) is 0 Å². The highest BCUT2D eigenvalue weighted by molar-refractivity contribution is 6.30. The van der Waals surface area contributed by atoms with Crippen LogP contribution in [0.5, 0.6) is 0 Å². The highest BCUT2D eigenvalue weighted by atomic mass is 35.5. The first-order chi connectivity index (χ1) is 16.3. The Labute approximate surface area is 209 Å². The molecule has 0 saturated carbocycles. The van der Waals surface area contributed by atoms with Gasteiger partial charge in [0.1, 0.15) is 0 Å². The summed E-state index contributed by atoms with van der Waals surface area (Å²) in [6.45, 7) is 10.0. The molecule has 184 valence electrons. The van der Waals surface area contributed by atoms with Crippen LogP contribution in [0.3, 0.4) is 0 Å².